The molecule has 8 heteroatoms. The molecule has 24 heavy (non-hydrogen) atoms. The van der Waals surface area contributed by atoms with Crippen molar-refractivity contribution in [3.63, 3.8) is 0 Å². The number of methoxy groups -OCH3 is 1. The number of rotatable bonds is 11. The predicted molar refractivity (Wildman–Crippen MR) is 113 cm³/mol. The summed E-state index contributed by atoms with van der Waals surface area (Å²) in [5.41, 5.74) is 0. The van der Waals surface area contributed by atoms with Gasteiger partial charge in [0.15, 0.2) is 5.96 Å². The maximum Gasteiger partial charge on any atom is 0.191 e. The van der Waals surface area contributed by atoms with Crippen molar-refractivity contribution < 1.29 is 9.47 Å². The van der Waals surface area contributed by atoms with Crippen LogP contribution in [0.25, 0.3) is 0 Å². The first-order valence-corrected chi connectivity index (χ1v) is 8.78. The van der Waals surface area contributed by atoms with E-state index >= 15 is 0 Å². The van der Waals surface area contributed by atoms with E-state index in [-0.39, 0.29) is 24.0 Å². The Kier molecular flexibility index (Phi) is 14.6. The second kappa shape index (κ2) is 14.9. The molecule has 1 rings (SSSR count). The van der Waals surface area contributed by atoms with Crippen molar-refractivity contribution in [1.29, 1.82) is 0 Å². The van der Waals surface area contributed by atoms with E-state index in [4.69, 9.17) is 9.47 Å². The molecule has 2 N–H and O–H groups in total. The lowest BCUT2D eigenvalue weighted by atomic mass is 10.2. The Morgan fingerprint density at radius 1 is 1.29 bits per heavy atom. The van der Waals surface area contributed by atoms with Crippen molar-refractivity contribution in [3.8, 4) is 0 Å². The lowest BCUT2D eigenvalue weighted by Crippen LogP contribution is -2.42. The highest BCUT2D eigenvalue weighted by atomic mass is 127. The maximum absolute atomic E-state index is 5.44. The highest BCUT2D eigenvalue weighted by Gasteiger charge is 2.15. The number of aliphatic imine (C=N–C) groups is 1. The van der Waals surface area contributed by atoms with E-state index in [2.05, 4.69) is 52.1 Å². The number of nitrogens with one attached hydrogen (secondary N) is 2. The van der Waals surface area contributed by atoms with Crippen LogP contribution in [-0.2, 0) is 9.47 Å². The van der Waals surface area contributed by atoms with Crippen LogP contribution in [0.1, 0.15) is 17.3 Å². The minimum absolute atomic E-state index is 0. The minimum atomic E-state index is 0. The summed E-state index contributed by atoms with van der Waals surface area (Å²) in [6, 6.07) is 4.60. The Bertz CT molecular complexity index is 430. The van der Waals surface area contributed by atoms with Gasteiger partial charge in [-0.2, -0.15) is 0 Å². The molecule has 0 radical (unpaired) electrons. The molecule has 1 aromatic rings. The monoisotopic (exact) mass is 470 g/mol. The van der Waals surface area contributed by atoms with Crippen LogP contribution in [0.2, 0.25) is 0 Å². The Hall–Kier alpha value is -0.420. The molecule has 0 saturated carbocycles. The molecule has 1 atom stereocenters. The number of likely N-dealkylation sites (N-methyl/N-ethyl adjacent to an activating group) is 1. The van der Waals surface area contributed by atoms with Gasteiger partial charge in [-0.1, -0.05) is 6.07 Å². The van der Waals surface area contributed by atoms with Crippen LogP contribution < -0.4 is 10.6 Å². The molecule has 0 spiro atoms. The van der Waals surface area contributed by atoms with Crippen LogP contribution in [0.3, 0.4) is 0 Å². The molecule has 1 aromatic heterocycles. The van der Waals surface area contributed by atoms with Gasteiger partial charge in [0.1, 0.15) is 0 Å². The van der Waals surface area contributed by atoms with Gasteiger partial charge < -0.3 is 25.0 Å². The zero-order valence-electron chi connectivity index (χ0n) is 15.1. The highest BCUT2D eigenvalue weighted by molar-refractivity contribution is 14.0. The van der Waals surface area contributed by atoms with E-state index in [9.17, 15) is 0 Å². The zero-order chi connectivity index (χ0) is 16.9. The SMILES string of the molecule is CN=C(NCCCOCCOC)NCC(c1cccs1)N(C)C.I. The smallest absolute Gasteiger partial charge is 0.191 e. The van der Waals surface area contributed by atoms with E-state index in [0.29, 0.717) is 19.3 Å². The fraction of sp³-hybridized carbons (Fsp3) is 0.688. The molecule has 0 aromatic carbocycles. The number of halogens is 1. The van der Waals surface area contributed by atoms with Crippen molar-refractivity contribution >= 4 is 41.3 Å². The van der Waals surface area contributed by atoms with Crippen molar-refractivity contribution in [2.24, 2.45) is 4.99 Å². The zero-order valence-corrected chi connectivity index (χ0v) is 18.2. The quantitative estimate of drug-likeness (QED) is 0.225. The summed E-state index contributed by atoms with van der Waals surface area (Å²) in [5, 5.41) is 8.82. The molecule has 6 nitrogen and oxygen atoms in total. The summed E-state index contributed by atoms with van der Waals surface area (Å²) in [6.07, 6.45) is 0.937. The second-order valence-electron chi connectivity index (χ2n) is 5.33. The third-order valence-electron chi connectivity index (χ3n) is 3.37. The van der Waals surface area contributed by atoms with Gasteiger partial charge in [-0.15, -0.1) is 35.3 Å². The Labute approximate surface area is 167 Å². The van der Waals surface area contributed by atoms with Gasteiger partial charge in [0.05, 0.1) is 19.3 Å². The van der Waals surface area contributed by atoms with Crippen LogP contribution in [0.5, 0.6) is 0 Å². The van der Waals surface area contributed by atoms with E-state index < -0.39 is 0 Å². The first kappa shape index (κ1) is 23.6. The number of nitrogens with zero attached hydrogens (tertiary/aromatic N) is 2. The molecule has 0 aliphatic rings. The van der Waals surface area contributed by atoms with Crippen LogP contribution in [0.15, 0.2) is 22.5 Å². The van der Waals surface area contributed by atoms with Crippen LogP contribution >= 0.6 is 35.3 Å². The molecule has 0 amide bonds. The van der Waals surface area contributed by atoms with E-state index in [0.717, 1.165) is 32.1 Å². The van der Waals surface area contributed by atoms with Crippen molar-refractivity contribution in [3.05, 3.63) is 22.4 Å². The average Bonchev–Trinajstić information content (AvgIpc) is 3.06. The van der Waals surface area contributed by atoms with Gasteiger partial charge >= 0.3 is 0 Å². The summed E-state index contributed by atoms with van der Waals surface area (Å²) in [4.78, 5) is 7.84. The third-order valence-corrected chi connectivity index (χ3v) is 4.34. The molecule has 0 aliphatic carbocycles. The van der Waals surface area contributed by atoms with E-state index in [1.54, 1.807) is 25.5 Å². The fourth-order valence-corrected chi connectivity index (χ4v) is 2.98. The summed E-state index contributed by atoms with van der Waals surface area (Å²) in [6.45, 7) is 3.67. The van der Waals surface area contributed by atoms with Crippen molar-refractivity contribution in [1.82, 2.24) is 15.5 Å². The lowest BCUT2D eigenvalue weighted by Gasteiger charge is -2.24. The van der Waals surface area contributed by atoms with Crippen LogP contribution in [0, 0.1) is 0 Å². The highest BCUT2D eigenvalue weighted by Crippen LogP contribution is 2.22. The van der Waals surface area contributed by atoms with Gasteiger partial charge in [-0.3, -0.25) is 4.99 Å². The molecule has 0 fully saturated rings. The van der Waals surface area contributed by atoms with Gasteiger partial charge in [0.2, 0.25) is 0 Å². The fourth-order valence-electron chi connectivity index (χ4n) is 2.06. The average molecular weight is 470 g/mol. The number of ether oxygens (including phenoxy) is 2. The summed E-state index contributed by atoms with van der Waals surface area (Å²) >= 11 is 1.78. The molecule has 0 bridgehead atoms. The molecular formula is C16H31IN4O2S. The second-order valence-corrected chi connectivity index (χ2v) is 6.31. The van der Waals surface area contributed by atoms with Gasteiger partial charge in [-0.25, -0.2) is 0 Å². The Morgan fingerprint density at radius 3 is 2.67 bits per heavy atom. The van der Waals surface area contributed by atoms with Gasteiger partial charge in [0.25, 0.3) is 0 Å². The van der Waals surface area contributed by atoms with E-state index in [1.165, 1.54) is 4.88 Å². The number of guanidine groups is 1. The molecule has 1 heterocycles. The van der Waals surface area contributed by atoms with Crippen LogP contribution in [-0.4, -0.2) is 72.0 Å². The maximum atomic E-state index is 5.44. The molecule has 140 valence electrons. The largest absolute Gasteiger partial charge is 0.382 e. The summed E-state index contributed by atoms with van der Waals surface area (Å²) < 4.78 is 10.4. The lowest BCUT2D eigenvalue weighted by molar-refractivity contribution is 0.0698. The topological polar surface area (TPSA) is 58.1 Å². The standard InChI is InChI=1S/C16H30N4O2S.HI/c1-17-16(18-8-6-9-22-11-10-21-4)19-13-14(20(2)3)15-7-5-12-23-15;/h5,7,12,14H,6,8-11,13H2,1-4H3,(H2,17,18,19);1H. The molecule has 0 aliphatic heterocycles. The molecule has 1 unspecified atom stereocenters. The minimum Gasteiger partial charge on any atom is -0.382 e. The number of hydrogen-bond donors (Lipinski definition) is 2. The first-order chi connectivity index (χ1) is 11.2. The van der Waals surface area contributed by atoms with Crippen LogP contribution in [0.4, 0.5) is 0 Å². The normalized spacial score (nSPS) is 12.8. The summed E-state index contributed by atoms with van der Waals surface area (Å²) in [5.74, 6) is 0.824. The van der Waals surface area contributed by atoms with Crippen molar-refractivity contribution in [2.75, 3.05) is 61.2 Å². The third kappa shape index (κ3) is 9.77. The predicted octanol–water partition coefficient (Wildman–Crippen LogP) is 2.19. The van der Waals surface area contributed by atoms with E-state index in [1.807, 2.05) is 0 Å². The Balaban J connectivity index is 0.00000529. The molecule has 0 saturated heterocycles. The molecular weight excluding hydrogens is 439 g/mol. The van der Waals surface area contributed by atoms with Gasteiger partial charge in [-0.05, 0) is 32.0 Å². The summed E-state index contributed by atoms with van der Waals surface area (Å²) in [7, 11) is 7.66. The number of thiophene rings is 1. The first-order valence-electron chi connectivity index (χ1n) is 7.90. The van der Waals surface area contributed by atoms with Crippen molar-refractivity contribution in [2.45, 2.75) is 12.5 Å². The number of hydrogen-bond acceptors (Lipinski definition) is 5. The Morgan fingerprint density at radius 2 is 2.08 bits per heavy atom. The van der Waals surface area contributed by atoms with Gasteiger partial charge in [0, 0.05) is 38.7 Å².